The zero-order valence-corrected chi connectivity index (χ0v) is 22.9. The van der Waals surface area contributed by atoms with E-state index in [4.69, 9.17) is 0 Å². The van der Waals surface area contributed by atoms with E-state index in [0.29, 0.717) is 25.9 Å². The van der Waals surface area contributed by atoms with Crippen LogP contribution in [-0.4, -0.2) is 47.1 Å². The highest BCUT2D eigenvalue weighted by Gasteiger charge is 2.43. The van der Waals surface area contributed by atoms with E-state index in [-0.39, 0.29) is 22.3 Å². The fraction of sp³-hybridized carbons (Fsp3) is 0.500. The minimum Gasteiger partial charge on any atom is -0.334 e. The van der Waals surface area contributed by atoms with Gasteiger partial charge in [0.15, 0.2) is 0 Å². The first-order valence-corrected chi connectivity index (χ1v) is 15.2. The number of aromatic nitrogens is 1. The highest BCUT2D eigenvalue weighted by molar-refractivity contribution is 7.89. The molecule has 0 spiro atoms. The van der Waals surface area contributed by atoms with Gasteiger partial charge in [0, 0.05) is 19.1 Å². The minimum absolute atomic E-state index is 0.0636. The molecule has 192 valence electrons. The normalized spacial score (nSPS) is 21.1. The van der Waals surface area contributed by atoms with Gasteiger partial charge in [-0.3, -0.25) is 4.79 Å². The van der Waals surface area contributed by atoms with Crippen molar-refractivity contribution in [1.82, 2.24) is 14.2 Å². The summed E-state index contributed by atoms with van der Waals surface area (Å²) in [6.07, 6.45) is 5.25. The van der Waals surface area contributed by atoms with E-state index >= 15 is 0 Å². The van der Waals surface area contributed by atoms with Gasteiger partial charge in [0.05, 0.1) is 20.6 Å². The molecule has 36 heavy (non-hydrogen) atoms. The maximum atomic E-state index is 14.2. The summed E-state index contributed by atoms with van der Waals surface area (Å²) in [5.74, 6) is -0.0636. The van der Waals surface area contributed by atoms with Gasteiger partial charge < -0.3 is 4.90 Å². The summed E-state index contributed by atoms with van der Waals surface area (Å²) in [7, 11) is -3.75. The second-order valence-electron chi connectivity index (χ2n) is 11.1. The summed E-state index contributed by atoms with van der Waals surface area (Å²) in [5, 5.41) is 0. The summed E-state index contributed by atoms with van der Waals surface area (Å²) >= 11 is 1.61. The highest BCUT2D eigenvalue weighted by atomic mass is 32.2. The van der Waals surface area contributed by atoms with Crippen LogP contribution in [0.4, 0.5) is 0 Å². The molecule has 0 unspecified atom stereocenters. The van der Waals surface area contributed by atoms with Gasteiger partial charge in [-0.05, 0) is 80.7 Å². The van der Waals surface area contributed by atoms with Gasteiger partial charge in [-0.25, -0.2) is 13.4 Å². The Kier molecular flexibility index (Phi) is 6.96. The molecule has 1 aliphatic heterocycles. The van der Waals surface area contributed by atoms with Crippen molar-refractivity contribution in [2.45, 2.75) is 82.8 Å². The smallest absolute Gasteiger partial charge is 0.243 e. The molecule has 2 fully saturated rings. The van der Waals surface area contributed by atoms with Crippen molar-refractivity contribution in [1.29, 1.82) is 0 Å². The first-order valence-electron chi connectivity index (χ1n) is 12.9. The maximum absolute atomic E-state index is 14.2. The summed E-state index contributed by atoms with van der Waals surface area (Å²) in [5.41, 5.74) is 5.11. The molecule has 0 radical (unpaired) electrons. The number of rotatable bonds is 6. The van der Waals surface area contributed by atoms with E-state index in [1.807, 2.05) is 29.5 Å². The molecule has 1 atom stereocenters. The molecule has 5 rings (SSSR count). The lowest BCUT2D eigenvalue weighted by molar-refractivity contribution is -0.139. The van der Waals surface area contributed by atoms with Crippen molar-refractivity contribution in [2.75, 3.05) is 6.54 Å². The Morgan fingerprint density at radius 2 is 1.83 bits per heavy atom. The number of nitrogens with zero attached hydrogens (tertiary/aromatic N) is 3. The topological polar surface area (TPSA) is 70.6 Å². The molecule has 0 bridgehead atoms. The third kappa shape index (κ3) is 5.08. The van der Waals surface area contributed by atoms with E-state index in [9.17, 15) is 13.2 Å². The first kappa shape index (κ1) is 25.4. The third-order valence-corrected chi connectivity index (χ3v) is 10.6. The van der Waals surface area contributed by atoms with Crippen LogP contribution in [0.25, 0.3) is 10.2 Å². The monoisotopic (exact) mass is 525 g/mol. The molecule has 2 aliphatic rings. The zero-order valence-electron chi connectivity index (χ0n) is 21.3. The Bertz CT molecular complexity index is 1340. The Morgan fingerprint density at radius 3 is 2.56 bits per heavy atom. The quantitative estimate of drug-likeness (QED) is 0.411. The van der Waals surface area contributed by atoms with Crippen LogP contribution in [0.1, 0.15) is 63.5 Å². The first-order chi connectivity index (χ1) is 17.1. The molecule has 1 amide bonds. The van der Waals surface area contributed by atoms with Gasteiger partial charge in [-0.15, -0.1) is 11.3 Å². The summed E-state index contributed by atoms with van der Waals surface area (Å²) in [6.45, 7) is 7.37. The van der Waals surface area contributed by atoms with Gasteiger partial charge in [0.2, 0.25) is 15.9 Å². The number of carbonyl (C=O) groups is 1. The number of amides is 1. The van der Waals surface area contributed by atoms with Gasteiger partial charge in [-0.2, -0.15) is 4.31 Å². The van der Waals surface area contributed by atoms with Crippen molar-refractivity contribution in [3.63, 3.8) is 0 Å². The molecule has 1 aliphatic carbocycles. The molecular formula is C28H35N3O3S2. The molecule has 1 saturated heterocycles. The molecule has 1 aromatic heterocycles. The SMILES string of the molecule is Cc1ccc(S(=O)(=O)N2CCC[C@H]2C(=O)N(Cc2ccc3scnc3c2)C2CCC(C)(C)CC2)cc1. The van der Waals surface area contributed by atoms with Gasteiger partial charge in [0.25, 0.3) is 0 Å². The Hall–Kier alpha value is -2.29. The van der Waals surface area contributed by atoms with Crippen molar-refractivity contribution >= 4 is 37.5 Å². The van der Waals surface area contributed by atoms with Crippen molar-refractivity contribution in [3.8, 4) is 0 Å². The van der Waals surface area contributed by atoms with Crippen molar-refractivity contribution in [3.05, 3.63) is 59.1 Å². The van der Waals surface area contributed by atoms with Crippen molar-refractivity contribution < 1.29 is 13.2 Å². The largest absolute Gasteiger partial charge is 0.334 e. The van der Waals surface area contributed by atoms with Crippen LogP contribution < -0.4 is 0 Å². The van der Waals surface area contributed by atoms with E-state index in [2.05, 4.69) is 37.0 Å². The van der Waals surface area contributed by atoms with E-state index in [1.54, 1.807) is 23.5 Å². The molecule has 8 heteroatoms. The predicted molar refractivity (Wildman–Crippen MR) is 144 cm³/mol. The van der Waals surface area contributed by atoms with Crippen LogP contribution >= 0.6 is 11.3 Å². The second-order valence-corrected chi connectivity index (χ2v) is 13.9. The van der Waals surface area contributed by atoms with Gasteiger partial charge in [-0.1, -0.05) is 37.6 Å². The number of thiazole rings is 1. The molecule has 3 aromatic rings. The van der Waals surface area contributed by atoms with Crippen LogP contribution in [0, 0.1) is 12.3 Å². The molecule has 2 aromatic carbocycles. The zero-order chi connectivity index (χ0) is 25.5. The number of sulfonamides is 1. The molecule has 1 saturated carbocycles. The number of hydrogen-bond acceptors (Lipinski definition) is 5. The number of carbonyl (C=O) groups excluding carboxylic acids is 1. The standard InChI is InChI=1S/C28H35N3O3S2/c1-20-6-9-23(10-7-20)36(33,34)31-16-4-5-25(31)27(32)30(22-12-14-28(2,3)15-13-22)18-21-8-11-26-24(17-21)29-19-35-26/h6-11,17,19,22,25H,4-5,12-16,18H2,1-3H3/t25-/m0/s1. The predicted octanol–water partition coefficient (Wildman–Crippen LogP) is 5.76. The van der Waals surface area contributed by atoms with Crippen LogP contribution in [0.5, 0.6) is 0 Å². The number of aryl methyl sites for hydroxylation is 1. The number of hydrogen-bond donors (Lipinski definition) is 0. The Labute approximate surface area is 218 Å². The summed E-state index contributed by atoms with van der Waals surface area (Å²) in [6, 6.07) is 12.6. The lowest BCUT2D eigenvalue weighted by atomic mass is 9.75. The lowest BCUT2D eigenvalue weighted by Gasteiger charge is -2.41. The fourth-order valence-electron chi connectivity index (χ4n) is 5.59. The maximum Gasteiger partial charge on any atom is 0.243 e. The molecule has 2 heterocycles. The molecular weight excluding hydrogens is 490 g/mol. The number of benzene rings is 2. The lowest BCUT2D eigenvalue weighted by Crippen LogP contribution is -2.51. The van der Waals surface area contributed by atoms with E-state index in [0.717, 1.165) is 47.0 Å². The van der Waals surface area contributed by atoms with Crippen LogP contribution in [-0.2, 0) is 21.4 Å². The minimum atomic E-state index is -3.75. The van der Waals surface area contributed by atoms with E-state index in [1.165, 1.54) is 4.31 Å². The summed E-state index contributed by atoms with van der Waals surface area (Å²) < 4.78 is 29.7. The summed E-state index contributed by atoms with van der Waals surface area (Å²) in [4.78, 5) is 20.9. The Balaban J connectivity index is 1.44. The highest BCUT2D eigenvalue weighted by Crippen LogP contribution is 2.38. The van der Waals surface area contributed by atoms with E-state index < -0.39 is 16.1 Å². The Morgan fingerprint density at radius 1 is 1.11 bits per heavy atom. The van der Waals surface area contributed by atoms with Gasteiger partial charge >= 0.3 is 0 Å². The molecule has 6 nitrogen and oxygen atoms in total. The number of fused-ring (bicyclic) bond motifs is 1. The second kappa shape index (κ2) is 9.88. The van der Waals surface area contributed by atoms with Gasteiger partial charge in [0.1, 0.15) is 6.04 Å². The average molecular weight is 526 g/mol. The fourth-order valence-corrected chi connectivity index (χ4v) is 7.90. The van der Waals surface area contributed by atoms with Crippen molar-refractivity contribution in [2.24, 2.45) is 5.41 Å². The molecule has 0 N–H and O–H groups in total. The van der Waals surface area contributed by atoms with Crippen LogP contribution in [0.2, 0.25) is 0 Å². The van der Waals surface area contributed by atoms with Crippen LogP contribution in [0.15, 0.2) is 52.9 Å². The third-order valence-electron chi connectivity index (χ3n) is 7.90. The average Bonchev–Trinajstić information content (AvgIpc) is 3.52. The van der Waals surface area contributed by atoms with Crippen LogP contribution in [0.3, 0.4) is 0 Å².